The summed E-state index contributed by atoms with van der Waals surface area (Å²) in [5.41, 5.74) is 1.09. The summed E-state index contributed by atoms with van der Waals surface area (Å²) < 4.78 is 5.38. The van der Waals surface area contributed by atoms with E-state index in [9.17, 15) is 0 Å². The number of hydrogen-bond donors (Lipinski definition) is 1. The highest BCUT2D eigenvalue weighted by molar-refractivity contribution is 7.18. The van der Waals surface area contributed by atoms with Crippen molar-refractivity contribution >= 4 is 38.2 Å². The lowest BCUT2D eigenvalue weighted by molar-refractivity contribution is 0.997. The smallest absolute Gasteiger partial charge is 0.202 e. The van der Waals surface area contributed by atoms with Crippen molar-refractivity contribution in [3.8, 4) is 0 Å². The van der Waals surface area contributed by atoms with Crippen LogP contribution in [0.25, 0.3) is 10.2 Å². The molecule has 0 aliphatic carbocycles. The van der Waals surface area contributed by atoms with Crippen LogP contribution in [0.1, 0.15) is 10.8 Å². The number of fused-ring (bicyclic) bond motifs is 1. The molecular weight excluding hydrogens is 264 g/mol. The highest BCUT2D eigenvalue weighted by Crippen LogP contribution is 2.21. The quantitative estimate of drug-likeness (QED) is 0.795. The molecular formula is C12H12N4S2. The number of thiazole rings is 1. The maximum atomic E-state index is 4.59. The van der Waals surface area contributed by atoms with Crippen molar-refractivity contribution in [2.24, 2.45) is 0 Å². The Bertz CT molecular complexity index is 626. The lowest BCUT2D eigenvalue weighted by Crippen LogP contribution is -2.04. The average Bonchev–Trinajstić information content (AvgIpc) is 2.95. The lowest BCUT2D eigenvalue weighted by atomic mass is 10.3. The summed E-state index contributed by atoms with van der Waals surface area (Å²) in [5, 5.41) is 5.31. The van der Waals surface area contributed by atoms with E-state index in [1.165, 1.54) is 16.2 Å². The Labute approximate surface area is 113 Å². The molecule has 6 heteroatoms. The molecule has 0 aliphatic rings. The third-order valence-electron chi connectivity index (χ3n) is 2.48. The highest BCUT2D eigenvalue weighted by Gasteiger charge is 2.03. The summed E-state index contributed by atoms with van der Waals surface area (Å²) in [6, 6.07) is 8.23. The third-order valence-corrected chi connectivity index (χ3v) is 4.34. The van der Waals surface area contributed by atoms with Crippen LogP contribution >= 0.6 is 22.9 Å². The second-order valence-electron chi connectivity index (χ2n) is 3.90. The van der Waals surface area contributed by atoms with Crippen molar-refractivity contribution in [3.05, 3.63) is 35.1 Å². The summed E-state index contributed by atoms with van der Waals surface area (Å²) in [6.45, 7) is 2.74. The molecule has 18 heavy (non-hydrogen) atoms. The van der Waals surface area contributed by atoms with Gasteiger partial charge >= 0.3 is 0 Å². The Morgan fingerprint density at radius 1 is 1.22 bits per heavy atom. The van der Waals surface area contributed by atoms with Gasteiger partial charge in [0.25, 0.3) is 0 Å². The van der Waals surface area contributed by atoms with Crippen LogP contribution in [0, 0.1) is 6.92 Å². The van der Waals surface area contributed by atoms with Gasteiger partial charge in [0.2, 0.25) is 5.13 Å². The number of para-hydroxylation sites is 1. The van der Waals surface area contributed by atoms with E-state index in [1.54, 1.807) is 11.3 Å². The number of aromatic nitrogens is 3. The second kappa shape index (κ2) is 4.99. The Kier molecular flexibility index (Phi) is 3.21. The minimum Gasteiger partial charge on any atom is -0.360 e. The van der Waals surface area contributed by atoms with Crippen LogP contribution in [-0.2, 0) is 6.42 Å². The zero-order valence-corrected chi connectivity index (χ0v) is 11.5. The van der Waals surface area contributed by atoms with Crippen LogP contribution in [0.5, 0.6) is 0 Å². The first-order valence-electron chi connectivity index (χ1n) is 5.70. The predicted octanol–water partition coefficient (Wildman–Crippen LogP) is 3.11. The van der Waals surface area contributed by atoms with Crippen molar-refractivity contribution in [1.29, 1.82) is 0 Å². The van der Waals surface area contributed by atoms with Gasteiger partial charge < -0.3 is 5.32 Å². The van der Waals surface area contributed by atoms with Gasteiger partial charge in [0.05, 0.1) is 15.2 Å². The van der Waals surface area contributed by atoms with Crippen molar-refractivity contribution in [2.75, 3.05) is 11.9 Å². The van der Waals surface area contributed by atoms with Crippen molar-refractivity contribution < 1.29 is 0 Å². The van der Waals surface area contributed by atoms with Gasteiger partial charge in [-0.1, -0.05) is 12.1 Å². The maximum Gasteiger partial charge on any atom is 0.202 e. The first kappa shape index (κ1) is 11.6. The molecule has 2 heterocycles. The molecule has 0 saturated carbocycles. The zero-order chi connectivity index (χ0) is 12.4. The van der Waals surface area contributed by atoms with E-state index in [0.29, 0.717) is 0 Å². The van der Waals surface area contributed by atoms with E-state index in [2.05, 4.69) is 31.8 Å². The molecule has 0 radical (unpaired) electrons. The van der Waals surface area contributed by atoms with E-state index in [1.807, 2.05) is 19.1 Å². The summed E-state index contributed by atoms with van der Waals surface area (Å²) in [7, 11) is 0. The van der Waals surface area contributed by atoms with Crippen LogP contribution in [0.3, 0.4) is 0 Å². The molecule has 0 aliphatic heterocycles. The molecule has 92 valence electrons. The predicted molar refractivity (Wildman–Crippen MR) is 76.5 cm³/mol. The largest absolute Gasteiger partial charge is 0.360 e. The van der Waals surface area contributed by atoms with Crippen LogP contribution in [0.2, 0.25) is 0 Å². The fourth-order valence-electron chi connectivity index (χ4n) is 1.67. The molecule has 0 bridgehead atoms. The first-order chi connectivity index (χ1) is 8.81. The molecule has 1 N–H and O–H groups in total. The van der Waals surface area contributed by atoms with E-state index in [-0.39, 0.29) is 0 Å². The SMILES string of the molecule is Cc1nsc(NCCc2nc3ccccc3s2)n1. The monoisotopic (exact) mass is 276 g/mol. The topological polar surface area (TPSA) is 50.7 Å². The van der Waals surface area contributed by atoms with Gasteiger partial charge in [-0.05, 0) is 19.1 Å². The number of anilines is 1. The summed E-state index contributed by atoms with van der Waals surface area (Å²) >= 11 is 3.15. The summed E-state index contributed by atoms with van der Waals surface area (Å²) in [5.74, 6) is 0.822. The Morgan fingerprint density at radius 3 is 2.89 bits per heavy atom. The van der Waals surface area contributed by atoms with Crippen LogP contribution < -0.4 is 5.32 Å². The van der Waals surface area contributed by atoms with Gasteiger partial charge in [-0.15, -0.1) is 11.3 Å². The molecule has 0 saturated heterocycles. The van der Waals surface area contributed by atoms with Crippen molar-refractivity contribution in [3.63, 3.8) is 0 Å². The van der Waals surface area contributed by atoms with Crippen molar-refractivity contribution in [2.45, 2.75) is 13.3 Å². The molecule has 0 fully saturated rings. The molecule has 0 spiro atoms. The number of benzene rings is 1. The fourth-order valence-corrected chi connectivity index (χ4v) is 3.24. The third kappa shape index (κ3) is 2.49. The first-order valence-corrected chi connectivity index (χ1v) is 7.29. The molecule has 0 amide bonds. The summed E-state index contributed by atoms with van der Waals surface area (Å²) in [4.78, 5) is 8.86. The van der Waals surface area contributed by atoms with Gasteiger partial charge in [-0.3, -0.25) is 0 Å². The van der Waals surface area contributed by atoms with E-state index >= 15 is 0 Å². The Balaban J connectivity index is 1.62. The Hall–Kier alpha value is -1.53. The van der Waals surface area contributed by atoms with Crippen molar-refractivity contribution in [1.82, 2.24) is 14.3 Å². The normalized spacial score (nSPS) is 10.9. The van der Waals surface area contributed by atoms with E-state index in [4.69, 9.17) is 0 Å². The minimum absolute atomic E-state index is 0.822. The molecule has 3 rings (SSSR count). The second-order valence-corrected chi connectivity index (χ2v) is 5.77. The molecule has 4 nitrogen and oxygen atoms in total. The van der Waals surface area contributed by atoms with Crippen LogP contribution in [-0.4, -0.2) is 20.9 Å². The van der Waals surface area contributed by atoms with Gasteiger partial charge in [0, 0.05) is 24.5 Å². The maximum absolute atomic E-state index is 4.59. The highest BCUT2D eigenvalue weighted by atomic mass is 32.1. The van der Waals surface area contributed by atoms with E-state index in [0.717, 1.165) is 34.4 Å². The van der Waals surface area contributed by atoms with Gasteiger partial charge in [0.1, 0.15) is 5.82 Å². The summed E-state index contributed by atoms with van der Waals surface area (Å²) in [6.07, 6.45) is 0.915. The molecule has 0 unspecified atom stereocenters. The van der Waals surface area contributed by atoms with Crippen LogP contribution in [0.4, 0.5) is 5.13 Å². The minimum atomic E-state index is 0.822. The number of aryl methyl sites for hydroxylation is 1. The standard InChI is InChI=1S/C12H12N4S2/c1-8-14-12(18-16-8)13-7-6-11-15-9-4-2-3-5-10(9)17-11/h2-5H,6-7H2,1H3,(H,13,14,16). The Morgan fingerprint density at radius 2 is 2.11 bits per heavy atom. The number of nitrogens with zero attached hydrogens (tertiary/aromatic N) is 3. The van der Waals surface area contributed by atoms with E-state index < -0.39 is 0 Å². The van der Waals surface area contributed by atoms with Gasteiger partial charge in [-0.2, -0.15) is 4.37 Å². The number of nitrogens with one attached hydrogen (secondary N) is 1. The molecule has 3 aromatic rings. The number of rotatable bonds is 4. The van der Waals surface area contributed by atoms with Gasteiger partial charge in [0.15, 0.2) is 0 Å². The molecule has 0 atom stereocenters. The molecule has 2 aromatic heterocycles. The lowest BCUT2D eigenvalue weighted by Gasteiger charge is -1.98. The van der Waals surface area contributed by atoms with Gasteiger partial charge in [-0.25, -0.2) is 9.97 Å². The zero-order valence-electron chi connectivity index (χ0n) is 9.88. The van der Waals surface area contributed by atoms with Crippen LogP contribution in [0.15, 0.2) is 24.3 Å². The fraction of sp³-hybridized carbons (Fsp3) is 0.250. The molecule has 1 aromatic carbocycles. The number of hydrogen-bond acceptors (Lipinski definition) is 6. The average molecular weight is 276 g/mol.